The van der Waals surface area contributed by atoms with Crippen molar-refractivity contribution in [2.45, 2.75) is 4.90 Å². The predicted molar refractivity (Wildman–Crippen MR) is 109 cm³/mol. The molecule has 6 nitrogen and oxygen atoms in total. The van der Waals surface area contributed by atoms with E-state index in [1.54, 1.807) is 24.4 Å². The van der Waals surface area contributed by atoms with Gasteiger partial charge in [0.1, 0.15) is 16.5 Å². The molecule has 3 rings (SSSR count). The van der Waals surface area contributed by atoms with Crippen LogP contribution in [0, 0.1) is 5.82 Å². The number of halogens is 3. The van der Waals surface area contributed by atoms with Gasteiger partial charge in [-0.15, -0.1) is 0 Å². The molecule has 0 aliphatic carbocycles. The number of nitrogens with zero attached hydrogens (tertiary/aromatic N) is 2. The molecule has 0 bridgehead atoms. The average molecular weight is 489 g/mol. The second kappa shape index (κ2) is 8.30. The second-order valence-electron chi connectivity index (χ2n) is 5.96. The molecule has 0 unspecified atom stereocenters. The van der Waals surface area contributed by atoms with Crippen LogP contribution in [0.15, 0.2) is 52.0 Å². The van der Waals surface area contributed by atoms with Gasteiger partial charge in [-0.3, -0.25) is 0 Å². The number of hydrogen-bond donors (Lipinski definition) is 2. The fourth-order valence-electron chi connectivity index (χ4n) is 2.55. The van der Waals surface area contributed by atoms with Gasteiger partial charge < -0.3 is 10.1 Å². The molecule has 0 spiro atoms. The van der Waals surface area contributed by atoms with Crippen LogP contribution in [0.5, 0.6) is 0 Å². The van der Waals surface area contributed by atoms with Crippen molar-refractivity contribution in [3.63, 3.8) is 0 Å². The normalized spacial score (nSPS) is 11.9. The summed E-state index contributed by atoms with van der Waals surface area (Å²) < 4.78 is 40.5. The lowest BCUT2D eigenvalue weighted by Gasteiger charge is -2.17. The molecule has 0 fully saturated rings. The predicted octanol–water partition coefficient (Wildman–Crippen LogP) is 3.91. The monoisotopic (exact) mass is 487 g/mol. The number of aliphatic hydroxyl groups is 1. The number of aromatic nitrogens is 2. The van der Waals surface area contributed by atoms with Crippen LogP contribution in [0.3, 0.4) is 0 Å². The summed E-state index contributed by atoms with van der Waals surface area (Å²) in [6.45, 7) is -0.360. The van der Waals surface area contributed by atoms with Gasteiger partial charge in [-0.25, -0.2) is 17.8 Å². The van der Waals surface area contributed by atoms with E-state index >= 15 is 0 Å². The first-order chi connectivity index (χ1) is 13.2. The van der Waals surface area contributed by atoms with Gasteiger partial charge >= 0.3 is 0 Å². The maximum atomic E-state index is 13.8. The van der Waals surface area contributed by atoms with Crippen molar-refractivity contribution in [2.75, 3.05) is 20.2 Å². The zero-order valence-corrected chi connectivity index (χ0v) is 17.8. The third kappa shape index (κ3) is 4.13. The molecule has 28 heavy (non-hydrogen) atoms. The van der Waals surface area contributed by atoms with Crippen molar-refractivity contribution < 1.29 is 17.9 Å². The standard InChI is InChI=1S/C18H16BrClFN3O3S/c1-24(6-7-25)28(26,27)17-9-12(3-5-14(17)20)18-22-10-16(23-18)11-2-4-13(19)15(21)8-11/h2-5,8-10,25H,6-7H2,1H3,(H,22,23). The summed E-state index contributed by atoms with van der Waals surface area (Å²) in [6.07, 6.45) is 1.61. The van der Waals surface area contributed by atoms with E-state index in [-0.39, 0.29) is 23.1 Å². The number of sulfonamides is 1. The lowest BCUT2D eigenvalue weighted by atomic mass is 10.2. The van der Waals surface area contributed by atoms with E-state index in [1.165, 1.54) is 25.2 Å². The van der Waals surface area contributed by atoms with Crippen LogP contribution in [0.4, 0.5) is 4.39 Å². The zero-order chi connectivity index (χ0) is 20.5. The molecule has 0 saturated carbocycles. The lowest BCUT2D eigenvalue weighted by molar-refractivity contribution is 0.266. The molecule has 0 aliphatic heterocycles. The first-order valence-electron chi connectivity index (χ1n) is 8.12. The highest BCUT2D eigenvalue weighted by Gasteiger charge is 2.24. The number of H-pyrrole nitrogens is 1. The zero-order valence-electron chi connectivity index (χ0n) is 14.7. The third-order valence-corrected chi connectivity index (χ3v) is 7.08. The Morgan fingerprint density at radius 1 is 1.25 bits per heavy atom. The van der Waals surface area contributed by atoms with Gasteiger partial charge in [0.05, 0.1) is 21.8 Å². The summed E-state index contributed by atoms with van der Waals surface area (Å²) in [6, 6.07) is 9.18. The van der Waals surface area contributed by atoms with Crippen LogP contribution < -0.4 is 0 Å². The molecule has 2 aromatic carbocycles. The highest BCUT2D eigenvalue weighted by atomic mass is 79.9. The van der Waals surface area contributed by atoms with E-state index in [4.69, 9.17) is 16.7 Å². The molecule has 0 amide bonds. The van der Waals surface area contributed by atoms with Gasteiger partial charge in [0.15, 0.2) is 0 Å². The van der Waals surface area contributed by atoms with Crippen LogP contribution in [0.1, 0.15) is 0 Å². The SMILES string of the molecule is CN(CCO)S(=O)(=O)c1cc(-c2nc(-c3ccc(Br)c(F)c3)c[nH]2)ccc1Cl. The Kier molecular flexibility index (Phi) is 6.21. The minimum absolute atomic E-state index is 0.0527. The van der Waals surface area contributed by atoms with Crippen molar-refractivity contribution in [1.29, 1.82) is 0 Å². The van der Waals surface area contributed by atoms with Gasteiger partial charge in [-0.1, -0.05) is 17.7 Å². The topological polar surface area (TPSA) is 86.3 Å². The van der Waals surface area contributed by atoms with E-state index in [0.717, 1.165) is 4.31 Å². The average Bonchev–Trinajstić information content (AvgIpc) is 3.14. The highest BCUT2D eigenvalue weighted by molar-refractivity contribution is 9.10. The molecular formula is C18H16BrClFN3O3S. The minimum atomic E-state index is -3.87. The Hall–Kier alpha value is -1.78. The first-order valence-corrected chi connectivity index (χ1v) is 10.7. The van der Waals surface area contributed by atoms with Crippen LogP contribution in [-0.2, 0) is 10.0 Å². The van der Waals surface area contributed by atoms with Crippen LogP contribution in [0.2, 0.25) is 5.02 Å². The lowest BCUT2D eigenvalue weighted by Crippen LogP contribution is -2.29. The quantitative estimate of drug-likeness (QED) is 0.551. The molecule has 0 atom stereocenters. The Bertz CT molecular complexity index is 1120. The molecule has 1 aromatic heterocycles. The molecule has 10 heteroatoms. The number of aromatic amines is 1. The number of likely N-dealkylation sites (N-methyl/N-ethyl adjacent to an activating group) is 1. The van der Waals surface area contributed by atoms with Gasteiger partial charge in [0.2, 0.25) is 10.0 Å². The molecule has 148 valence electrons. The Morgan fingerprint density at radius 2 is 1.96 bits per heavy atom. The van der Waals surface area contributed by atoms with E-state index in [2.05, 4.69) is 25.9 Å². The fourth-order valence-corrected chi connectivity index (χ4v) is 4.45. The van der Waals surface area contributed by atoms with Crippen LogP contribution >= 0.6 is 27.5 Å². The van der Waals surface area contributed by atoms with Crippen molar-refractivity contribution in [2.24, 2.45) is 0 Å². The van der Waals surface area contributed by atoms with Gasteiger partial charge in [0.25, 0.3) is 0 Å². The number of aliphatic hydroxyl groups excluding tert-OH is 1. The molecule has 0 aliphatic rings. The van der Waals surface area contributed by atoms with E-state index < -0.39 is 15.8 Å². The fraction of sp³-hybridized carbons (Fsp3) is 0.167. The summed E-state index contributed by atoms with van der Waals surface area (Å²) in [5.74, 6) is 0.00472. The smallest absolute Gasteiger partial charge is 0.244 e. The largest absolute Gasteiger partial charge is 0.395 e. The number of hydrogen-bond acceptors (Lipinski definition) is 4. The van der Waals surface area contributed by atoms with Gasteiger partial charge in [-0.2, -0.15) is 4.31 Å². The minimum Gasteiger partial charge on any atom is -0.395 e. The molecule has 3 aromatic rings. The van der Waals surface area contributed by atoms with Crippen molar-refractivity contribution in [3.05, 3.63) is 57.9 Å². The third-order valence-electron chi connectivity index (χ3n) is 4.10. The maximum Gasteiger partial charge on any atom is 0.244 e. The summed E-state index contributed by atoms with van der Waals surface area (Å²) in [5.41, 5.74) is 1.59. The Balaban J connectivity index is 2.00. The van der Waals surface area contributed by atoms with Gasteiger partial charge in [-0.05, 0) is 46.3 Å². The number of rotatable bonds is 6. The number of benzene rings is 2. The summed E-state index contributed by atoms with van der Waals surface area (Å²) in [5, 5.41) is 9.08. The van der Waals surface area contributed by atoms with Crippen LogP contribution in [-0.4, -0.2) is 48.0 Å². The maximum absolute atomic E-state index is 13.8. The molecule has 2 N–H and O–H groups in total. The van der Waals surface area contributed by atoms with Gasteiger partial charge in [0, 0.05) is 30.9 Å². The molecule has 0 saturated heterocycles. The summed E-state index contributed by atoms with van der Waals surface area (Å²) in [4.78, 5) is 7.31. The van der Waals surface area contributed by atoms with E-state index in [1.807, 2.05) is 0 Å². The van der Waals surface area contributed by atoms with Crippen molar-refractivity contribution >= 4 is 37.6 Å². The van der Waals surface area contributed by atoms with Crippen molar-refractivity contribution in [1.82, 2.24) is 14.3 Å². The number of imidazole rings is 1. The van der Waals surface area contributed by atoms with Crippen molar-refractivity contribution in [3.8, 4) is 22.6 Å². The summed E-state index contributed by atoms with van der Waals surface area (Å²) >= 11 is 9.21. The Morgan fingerprint density at radius 3 is 2.64 bits per heavy atom. The summed E-state index contributed by atoms with van der Waals surface area (Å²) in [7, 11) is -2.51. The number of nitrogens with one attached hydrogen (secondary N) is 1. The second-order valence-corrected chi connectivity index (χ2v) is 9.23. The van der Waals surface area contributed by atoms with E-state index in [9.17, 15) is 12.8 Å². The first kappa shape index (κ1) is 20.9. The highest BCUT2D eigenvalue weighted by Crippen LogP contribution is 2.30. The molecule has 1 heterocycles. The molecular weight excluding hydrogens is 473 g/mol. The molecule has 0 radical (unpaired) electrons. The van der Waals surface area contributed by atoms with Crippen LogP contribution in [0.25, 0.3) is 22.6 Å². The Labute approximate surface area is 175 Å². The van der Waals surface area contributed by atoms with E-state index in [0.29, 0.717) is 27.1 Å².